The lowest BCUT2D eigenvalue weighted by atomic mass is 10.1. The van der Waals surface area contributed by atoms with Gasteiger partial charge < -0.3 is 10.5 Å². The smallest absolute Gasteiger partial charge is 0.124 e. The summed E-state index contributed by atoms with van der Waals surface area (Å²) in [4.78, 5) is 2.42. The molecule has 19 heavy (non-hydrogen) atoms. The number of ether oxygens (including phenoxy) is 1. The van der Waals surface area contributed by atoms with Gasteiger partial charge in [-0.15, -0.1) is 0 Å². The molecule has 1 aliphatic rings. The quantitative estimate of drug-likeness (QED) is 0.890. The largest absolute Gasteiger partial charge is 0.492 e. The summed E-state index contributed by atoms with van der Waals surface area (Å²) < 4.78 is 19.0. The van der Waals surface area contributed by atoms with E-state index in [0.717, 1.165) is 25.2 Å². The van der Waals surface area contributed by atoms with Crippen LogP contribution in [-0.2, 0) is 0 Å². The van der Waals surface area contributed by atoms with E-state index in [0.29, 0.717) is 12.4 Å². The summed E-state index contributed by atoms with van der Waals surface area (Å²) in [6.45, 7) is 5.72. The fraction of sp³-hybridized carbons (Fsp3) is 0.600. The van der Waals surface area contributed by atoms with Gasteiger partial charge in [0.05, 0.1) is 0 Å². The second-order valence-corrected chi connectivity index (χ2v) is 5.22. The Morgan fingerprint density at radius 1 is 1.32 bits per heavy atom. The van der Waals surface area contributed by atoms with Crippen LogP contribution in [0.25, 0.3) is 0 Å². The van der Waals surface area contributed by atoms with E-state index in [1.165, 1.54) is 31.4 Å². The summed E-state index contributed by atoms with van der Waals surface area (Å²) in [7, 11) is 0. The highest BCUT2D eigenvalue weighted by Crippen LogP contribution is 2.24. The number of hydrogen-bond donors (Lipinski definition) is 1. The molecule has 1 saturated heterocycles. The van der Waals surface area contributed by atoms with E-state index in [1.54, 1.807) is 6.07 Å². The normalized spacial score (nSPS) is 18.3. The standard InChI is InChI=1S/C15H23FN2O/c1-12(17)14-11-13(16)5-6-15(14)19-10-9-18-7-3-2-4-8-18/h5-6,11-12H,2-4,7-10,17H2,1H3/t12-/m0/s1. The first kappa shape index (κ1) is 14.3. The van der Waals surface area contributed by atoms with Crippen molar-refractivity contribution in [3.63, 3.8) is 0 Å². The second-order valence-electron chi connectivity index (χ2n) is 5.22. The molecular formula is C15H23FN2O. The topological polar surface area (TPSA) is 38.5 Å². The highest BCUT2D eigenvalue weighted by molar-refractivity contribution is 5.36. The molecule has 1 heterocycles. The van der Waals surface area contributed by atoms with Crippen molar-refractivity contribution in [1.82, 2.24) is 4.90 Å². The SMILES string of the molecule is C[C@H](N)c1cc(F)ccc1OCCN1CCCCC1. The van der Waals surface area contributed by atoms with Crippen LogP contribution >= 0.6 is 0 Å². The van der Waals surface area contributed by atoms with Crippen molar-refractivity contribution in [3.8, 4) is 5.75 Å². The Morgan fingerprint density at radius 3 is 2.74 bits per heavy atom. The molecule has 2 rings (SSSR count). The van der Waals surface area contributed by atoms with Crippen LogP contribution in [0.3, 0.4) is 0 Å². The van der Waals surface area contributed by atoms with E-state index < -0.39 is 0 Å². The molecule has 1 aromatic rings. The fourth-order valence-corrected chi connectivity index (χ4v) is 2.47. The highest BCUT2D eigenvalue weighted by Gasteiger charge is 2.12. The van der Waals surface area contributed by atoms with Gasteiger partial charge in [-0.3, -0.25) is 4.90 Å². The zero-order chi connectivity index (χ0) is 13.7. The molecular weight excluding hydrogens is 243 g/mol. The average Bonchev–Trinajstić information content (AvgIpc) is 2.41. The monoisotopic (exact) mass is 266 g/mol. The van der Waals surface area contributed by atoms with Crippen molar-refractivity contribution >= 4 is 0 Å². The molecule has 1 fully saturated rings. The molecule has 0 radical (unpaired) electrons. The number of piperidine rings is 1. The van der Waals surface area contributed by atoms with E-state index in [2.05, 4.69) is 4.90 Å². The van der Waals surface area contributed by atoms with E-state index >= 15 is 0 Å². The van der Waals surface area contributed by atoms with Crippen LogP contribution in [0.15, 0.2) is 18.2 Å². The maximum Gasteiger partial charge on any atom is 0.124 e. The van der Waals surface area contributed by atoms with Crippen LogP contribution in [0.4, 0.5) is 4.39 Å². The Balaban J connectivity index is 1.88. The summed E-state index contributed by atoms with van der Waals surface area (Å²) in [6.07, 6.45) is 3.90. The van der Waals surface area contributed by atoms with E-state index in [4.69, 9.17) is 10.5 Å². The van der Waals surface area contributed by atoms with E-state index in [1.807, 2.05) is 6.92 Å². The minimum atomic E-state index is -0.268. The van der Waals surface area contributed by atoms with Crippen LogP contribution in [-0.4, -0.2) is 31.1 Å². The zero-order valence-electron chi connectivity index (χ0n) is 11.6. The summed E-state index contributed by atoms with van der Waals surface area (Å²) in [5.41, 5.74) is 6.58. The van der Waals surface area contributed by atoms with Gasteiger partial charge in [0.25, 0.3) is 0 Å². The maximum absolute atomic E-state index is 13.2. The predicted octanol–water partition coefficient (Wildman–Crippen LogP) is 2.71. The van der Waals surface area contributed by atoms with Crippen molar-refractivity contribution < 1.29 is 9.13 Å². The molecule has 1 atom stereocenters. The van der Waals surface area contributed by atoms with Gasteiger partial charge >= 0.3 is 0 Å². The maximum atomic E-state index is 13.2. The van der Waals surface area contributed by atoms with E-state index in [9.17, 15) is 4.39 Å². The molecule has 0 amide bonds. The summed E-state index contributed by atoms with van der Waals surface area (Å²) in [5.74, 6) is 0.434. The average molecular weight is 266 g/mol. The van der Waals surface area contributed by atoms with Crippen molar-refractivity contribution in [2.75, 3.05) is 26.2 Å². The molecule has 0 aliphatic carbocycles. The first-order chi connectivity index (χ1) is 9.16. The minimum absolute atomic E-state index is 0.222. The van der Waals surface area contributed by atoms with Crippen LogP contribution < -0.4 is 10.5 Å². The molecule has 0 spiro atoms. The second kappa shape index (κ2) is 6.87. The lowest BCUT2D eigenvalue weighted by molar-refractivity contribution is 0.182. The number of halogens is 1. The third-order valence-corrected chi connectivity index (χ3v) is 3.58. The van der Waals surface area contributed by atoms with Gasteiger partial charge in [-0.25, -0.2) is 4.39 Å². The first-order valence-corrected chi connectivity index (χ1v) is 7.07. The molecule has 0 unspecified atom stereocenters. The number of benzene rings is 1. The van der Waals surface area contributed by atoms with Crippen LogP contribution in [0.2, 0.25) is 0 Å². The zero-order valence-corrected chi connectivity index (χ0v) is 11.6. The summed E-state index contributed by atoms with van der Waals surface area (Å²) >= 11 is 0. The number of hydrogen-bond acceptors (Lipinski definition) is 3. The van der Waals surface area contributed by atoms with Crippen LogP contribution in [0.1, 0.15) is 37.8 Å². The molecule has 1 aliphatic heterocycles. The van der Waals surface area contributed by atoms with Crippen LogP contribution in [0, 0.1) is 5.82 Å². The van der Waals surface area contributed by atoms with Gasteiger partial charge in [-0.1, -0.05) is 6.42 Å². The van der Waals surface area contributed by atoms with Crippen molar-refractivity contribution in [2.45, 2.75) is 32.2 Å². The van der Waals surface area contributed by atoms with Gasteiger partial charge in [0.15, 0.2) is 0 Å². The summed E-state index contributed by atoms with van der Waals surface area (Å²) in [6, 6.07) is 4.33. The van der Waals surface area contributed by atoms with Gasteiger partial charge in [0.2, 0.25) is 0 Å². The van der Waals surface area contributed by atoms with Crippen molar-refractivity contribution in [1.29, 1.82) is 0 Å². The molecule has 4 heteroatoms. The number of nitrogens with two attached hydrogens (primary N) is 1. The number of likely N-dealkylation sites (tertiary alicyclic amines) is 1. The van der Waals surface area contributed by atoms with Crippen molar-refractivity contribution in [2.24, 2.45) is 5.73 Å². The van der Waals surface area contributed by atoms with Gasteiger partial charge in [-0.2, -0.15) is 0 Å². The Labute approximate surface area is 114 Å². The Kier molecular flexibility index (Phi) is 5.16. The van der Waals surface area contributed by atoms with Gasteiger partial charge in [-0.05, 0) is 51.1 Å². The van der Waals surface area contributed by atoms with Crippen LogP contribution in [0.5, 0.6) is 5.75 Å². The molecule has 1 aromatic carbocycles. The van der Waals surface area contributed by atoms with E-state index in [-0.39, 0.29) is 11.9 Å². The van der Waals surface area contributed by atoms with Gasteiger partial charge in [0.1, 0.15) is 18.2 Å². The van der Waals surface area contributed by atoms with Gasteiger partial charge in [0, 0.05) is 18.2 Å². The Hall–Kier alpha value is -1.13. The Morgan fingerprint density at radius 2 is 2.05 bits per heavy atom. The Bertz CT molecular complexity index is 403. The molecule has 106 valence electrons. The summed E-state index contributed by atoms with van der Waals surface area (Å²) in [5, 5.41) is 0. The molecule has 0 saturated carbocycles. The lowest BCUT2D eigenvalue weighted by Gasteiger charge is -2.26. The number of nitrogens with zero attached hydrogens (tertiary/aromatic N) is 1. The predicted molar refractivity (Wildman–Crippen MR) is 74.8 cm³/mol. The first-order valence-electron chi connectivity index (χ1n) is 7.07. The molecule has 3 nitrogen and oxygen atoms in total. The number of rotatable bonds is 5. The third-order valence-electron chi connectivity index (χ3n) is 3.58. The third kappa shape index (κ3) is 4.18. The lowest BCUT2D eigenvalue weighted by Crippen LogP contribution is -2.33. The van der Waals surface area contributed by atoms with Crippen molar-refractivity contribution in [3.05, 3.63) is 29.6 Å². The molecule has 2 N–H and O–H groups in total. The molecule has 0 aromatic heterocycles. The molecule has 0 bridgehead atoms. The minimum Gasteiger partial charge on any atom is -0.492 e. The highest BCUT2D eigenvalue weighted by atomic mass is 19.1. The fourth-order valence-electron chi connectivity index (χ4n) is 2.47.